The minimum Gasteiger partial charge on any atom is -0.372 e. The van der Waals surface area contributed by atoms with Crippen molar-refractivity contribution >= 4 is 17.3 Å². The second-order valence-corrected chi connectivity index (χ2v) is 3.32. The molecule has 0 radical (unpaired) electrons. The molecule has 0 bridgehead atoms. The molecule has 0 unspecified atom stereocenters. The molecule has 0 aliphatic carbocycles. The highest BCUT2D eigenvalue weighted by Crippen LogP contribution is 2.06. The first-order chi connectivity index (χ1) is 8.38. The number of nitrogens with one attached hydrogen (secondary N) is 1. The maximum atomic E-state index is 8.58. The van der Waals surface area contributed by atoms with Gasteiger partial charge < -0.3 is 11.1 Å². The average molecular weight is 232 g/mol. The van der Waals surface area contributed by atoms with E-state index in [9.17, 15) is 0 Å². The maximum Gasteiger partial charge on any atom is 0.204 e. The first-order valence-electron chi connectivity index (χ1n) is 5.39. The number of carbonyl (C=O) groups excluding carboxylic acids is 1. The zero-order valence-corrected chi connectivity index (χ0v) is 9.54. The van der Waals surface area contributed by atoms with Crippen molar-refractivity contribution in [2.45, 2.75) is 6.42 Å². The highest BCUT2D eigenvalue weighted by Gasteiger charge is 1.92. The van der Waals surface area contributed by atoms with E-state index in [1.54, 1.807) is 6.33 Å². The second kappa shape index (κ2) is 8.18. The van der Waals surface area contributed by atoms with Crippen LogP contribution in [0.2, 0.25) is 0 Å². The minimum atomic E-state index is 0.250. The molecule has 5 heteroatoms. The van der Waals surface area contributed by atoms with Crippen LogP contribution in [0.15, 0.2) is 36.8 Å². The number of aromatic nitrogens is 2. The molecule has 90 valence electrons. The van der Waals surface area contributed by atoms with E-state index in [0.717, 1.165) is 10.9 Å². The Labute approximate surface area is 100 Å². The Hall–Kier alpha value is -2.01. The summed E-state index contributed by atoms with van der Waals surface area (Å²) in [5.41, 5.74) is 5.16. The number of fused-ring (bicyclic) bond motifs is 1. The van der Waals surface area contributed by atoms with Gasteiger partial charge in [0.1, 0.15) is 6.33 Å². The van der Waals surface area contributed by atoms with Gasteiger partial charge in [0.05, 0.1) is 5.52 Å². The highest BCUT2D eigenvalue weighted by atomic mass is 16.1. The lowest BCUT2D eigenvalue weighted by molar-refractivity contribution is -0.106. The smallest absolute Gasteiger partial charge is 0.204 e. The third-order valence-corrected chi connectivity index (χ3v) is 2.12. The van der Waals surface area contributed by atoms with Gasteiger partial charge >= 0.3 is 0 Å². The normalized spacial score (nSPS) is 12.2. The summed E-state index contributed by atoms with van der Waals surface area (Å²) >= 11 is 0. The van der Waals surface area contributed by atoms with Crippen molar-refractivity contribution in [3.8, 4) is 0 Å². The van der Waals surface area contributed by atoms with Crippen LogP contribution in [0, 0.1) is 0 Å². The van der Waals surface area contributed by atoms with Crippen molar-refractivity contribution < 1.29 is 4.79 Å². The van der Waals surface area contributed by atoms with Crippen LogP contribution in [0.1, 0.15) is 6.42 Å². The van der Waals surface area contributed by atoms with E-state index in [-0.39, 0.29) is 6.41 Å². The van der Waals surface area contributed by atoms with E-state index in [2.05, 4.69) is 21.0 Å². The summed E-state index contributed by atoms with van der Waals surface area (Å²) in [6, 6.07) is 7.91. The summed E-state index contributed by atoms with van der Waals surface area (Å²) in [5, 5.41) is 4.20. The van der Waals surface area contributed by atoms with Gasteiger partial charge in [-0.05, 0) is 25.6 Å². The summed E-state index contributed by atoms with van der Waals surface area (Å²) < 4.78 is 0. The molecular weight excluding hydrogens is 216 g/mol. The minimum absolute atomic E-state index is 0.250. The van der Waals surface area contributed by atoms with Gasteiger partial charge in [0.25, 0.3) is 0 Å². The van der Waals surface area contributed by atoms with E-state index < -0.39 is 0 Å². The van der Waals surface area contributed by atoms with Crippen molar-refractivity contribution in [1.29, 1.82) is 0 Å². The Balaban J connectivity index is 0.000000172. The molecule has 1 saturated heterocycles. The van der Waals surface area contributed by atoms with Gasteiger partial charge in [-0.3, -0.25) is 4.79 Å². The van der Waals surface area contributed by atoms with Crippen LogP contribution in [0.25, 0.3) is 10.9 Å². The lowest BCUT2D eigenvalue weighted by atomic mass is 10.2. The van der Waals surface area contributed by atoms with Crippen LogP contribution < -0.4 is 11.1 Å². The number of benzene rings is 1. The first-order valence-corrected chi connectivity index (χ1v) is 5.39. The fraction of sp³-hybridized carbons (Fsp3) is 0.250. The van der Waals surface area contributed by atoms with Crippen molar-refractivity contribution in [2.24, 2.45) is 5.73 Å². The first kappa shape index (κ1) is 13.1. The van der Waals surface area contributed by atoms with Crippen LogP contribution >= 0.6 is 0 Å². The van der Waals surface area contributed by atoms with Crippen LogP contribution in [0.5, 0.6) is 0 Å². The summed E-state index contributed by atoms with van der Waals surface area (Å²) in [6.07, 6.45) is 5.00. The monoisotopic (exact) mass is 232 g/mol. The van der Waals surface area contributed by atoms with Gasteiger partial charge in [-0.25, -0.2) is 9.97 Å². The van der Waals surface area contributed by atoms with E-state index in [0.29, 0.717) is 0 Å². The third kappa shape index (κ3) is 5.03. The topological polar surface area (TPSA) is 80.9 Å². The van der Waals surface area contributed by atoms with Gasteiger partial charge in [-0.1, -0.05) is 18.2 Å². The zero-order chi connectivity index (χ0) is 12.3. The molecule has 2 aromatic rings. The van der Waals surface area contributed by atoms with Gasteiger partial charge in [0.2, 0.25) is 6.41 Å². The standard InChI is InChI=1S/C8H6N2.C3H7N.CH3NO/c1-2-4-8-7(3-1)5-9-6-10-8;1-2-4-3-1;2-1-3/h1-6H;4H,1-3H2;1H,(H2,2,3). The molecule has 2 heterocycles. The number of hydrogen-bond donors (Lipinski definition) is 2. The van der Waals surface area contributed by atoms with Crippen LogP contribution in [0.4, 0.5) is 0 Å². The summed E-state index contributed by atoms with van der Waals surface area (Å²) in [5.74, 6) is 0. The number of primary amides is 1. The van der Waals surface area contributed by atoms with Crippen LogP contribution in [-0.4, -0.2) is 29.5 Å². The predicted molar refractivity (Wildman–Crippen MR) is 67.3 cm³/mol. The summed E-state index contributed by atoms with van der Waals surface area (Å²) in [6.45, 7) is 2.50. The quantitative estimate of drug-likeness (QED) is 0.655. The fourth-order valence-corrected chi connectivity index (χ4v) is 1.10. The Bertz CT molecular complexity index is 374. The number of hydrogen-bond acceptors (Lipinski definition) is 4. The molecule has 1 aliphatic heterocycles. The van der Waals surface area contributed by atoms with E-state index in [4.69, 9.17) is 4.79 Å². The molecule has 1 amide bonds. The summed E-state index contributed by atoms with van der Waals surface area (Å²) in [7, 11) is 0. The Morgan fingerprint density at radius 1 is 1.29 bits per heavy atom. The summed E-state index contributed by atoms with van der Waals surface area (Å²) in [4.78, 5) is 16.6. The van der Waals surface area contributed by atoms with Gasteiger partial charge in [0, 0.05) is 11.6 Å². The Morgan fingerprint density at radius 2 is 1.88 bits per heavy atom. The molecular formula is C12H16N4O. The molecule has 0 spiro atoms. The van der Waals surface area contributed by atoms with Crippen LogP contribution in [-0.2, 0) is 4.79 Å². The van der Waals surface area contributed by atoms with E-state index in [1.807, 2.05) is 30.5 Å². The number of rotatable bonds is 0. The molecule has 1 aliphatic rings. The van der Waals surface area contributed by atoms with Crippen molar-refractivity contribution in [2.75, 3.05) is 13.1 Å². The molecule has 0 saturated carbocycles. The van der Waals surface area contributed by atoms with Gasteiger partial charge in [0.15, 0.2) is 0 Å². The second-order valence-electron chi connectivity index (χ2n) is 3.32. The Kier molecular flexibility index (Phi) is 6.28. The fourth-order valence-electron chi connectivity index (χ4n) is 1.10. The van der Waals surface area contributed by atoms with Gasteiger partial charge in [-0.2, -0.15) is 0 Å². The number of carbonyl (C=O) groups is 1. The SMILES string of the molecule is C1CNC1.NC=O.c1ccc2ncncc2c1. The highest BCUT2D eigenvalue weighted by molar-refractivity contribution is 5.76. The van der Waals surface area contributed by atoms with Crippen LogP contribution in [0.3, 0.4) is 0 Å². The van der Waals surface area contributed by atoms with Crippen molar-refractivity contribution in [1.82, 2.24) is 15.3 Å². The molecule has 17 heavy (non-hydrogen) atoms. The molecule has 0 atom stereocenters. The molecule has 1 aromatic heterocycles. The molecule has 3 N–H and O–H groups in total. The van der Waals surface area contributed by atoms with Crippen molar-refractivity contribution in [3.05, 3.63) is 36.8 Å². The average Bonchev–Trinajstić information content (AvgIpc) is 2.28. The number of nitrogens with zero attached hydrogens (tertiary/aromatic N) is 2. The molecule has 1 aromatic carbocycles. The zero-order valence-electron chi connectivity index (χ0n) is 9.54. The van der Waals surface area contributed by atoms with Crippen molar-refractivity contribution in [3.63, 3.8) is 0 Å². The predicted octanol–water partition coefficient (Wildman–Crippen LogP) is 0.711. The lowest BCUT2D eigenvalue weighted by Crippen LogP contribution is -2.29. The Morgan fingerprint density at radius 3 is 2.41 bits per heavy atom. The molecule has 1 fully saturated rings. The number of nitrogens with two attached hydrogens (primary N) is 1. The molecule has 3 rings (SSSR count). The van der Waals surface area contributed by atoms with E-state index in [1.165, 1.54) is 19.5 Å². The molecule has 5 nitrogen and oxygen atoms in total. The number of para-hydroxylation sites is 1. The number of amides is 1. The third-order valence-electron chi connectivity index (χ3n) is 2.12. The lowest BCUT2D eigenvalue weighted by Gasteiger charge is -2.09. The van der Waals surface area contributed by atoms with E-state index >= 15 is 0 Å². The maximum absolute atomic E-state index is 8.58. The van der Waals surface area contributed by atoms with Gasteiger partial charge in [-0.15, -0.1) is 0 Å². The largest absolute Gasteiger partial charge is 0.372 e.